The number of fused-ring (bicyclic) bond motifs is 1. The van der Waals surface area contributed by atoms with E-state index in [0.29, 0.717) is 6.04 Å². The van der Waals surface area contributed by atoms with Crippen LogP contribution < -0.4 is 4.90 Å². The van der Waals surface area contributed by atoms with E-state index < -0.39 is 0 Å². The predicted molar refractivity (Wildman–Crippen MR) is 65.4 cm³/mol. The Morgan fingerprint density at radius 1 is 1.47 bits per heavy atom. The lowest BCUT2D eigenvalue weighted by atomic mass is 10.2. The number of anilines is 1. The number of hydrogen-bond acceptors (Lipinski definition) is 4. The van der Waals surface area contributed by atoms with Crippen LogP contribution in [0, 0.1) is 6.92 Å². The third-order valence-corrected chi connectivity index (χ3v) is 3.12. The average molecular weight is 232 g/mol. The first-order chi connectivity index (χ1) is 8.25. The van der Waals surface area contributed by atoms with Crippen LogP contribution in [0.25, 0.3) is 5.52 Å². The maximum Gasteiger partial charge on any atom is 0.157 e. The molecule has 0 spiro atoms. The number of aromatic nitrogens is 3. The van der Waals surface area contributed by atoms with Gasteiger partial charge in [0.1, 0.15) is 11.3 Å². The molecule has 1 aliphatic rings. The van der Waals surface area contributed by atoms with Gasteiger partial charge in [-0.25, -0.2) is 9.50 Å². The van der Waals surface area contributed by atoms with Crippen molar-refractivity contribution in [3.63, 3.8) is 0 Å². The number of aryl methyl sites for hydroxylation is 1. The first-order valence-electron chi connectivity index (χ1n) is 5.92. The molecular formula is C12H16N4O. The monoisotopic (exact) mass is 232 g/mol. The molecule has 0 aliphatic carbocycles. The minimum atomic E-state index is 0.358. The Hall–Kier alpha value is -1.62. The molecule has 90 valence electrons. The van der Waals surface area contributed by atoms with E-state index in [9.17, 15) is 0 Å². The van der Waals surface area contributed by atoms with Crippen molar-refractivity contribution in [2.45, 2.75) is 19.9 Å². The van der Waals surface area contributed by atoms with Crippen LogP contribution in [0.1, 0.15) is 12.7 Å². The van der Waals surface area contributed by atoms with E-state index in [0.717, 1.165) is 36.9 Å². The van der Waals surface area contributed by atoms with E-state index in [-0.39, 0.29) is 0 Å². The highest BCUT2D eigenvalue weighted by atomic mass is 16.5. The Kier molecular flexibility index (Phi) is 2.48. The lowest BCUT2D eigenvalue weighted by Crippen LogP contribution is -2.44. The van der Waals surface area contributed by atoms with E-state index in [4.69, 9.17) is 4.74 Å². The van der Waals surface area contributed by atoms with Gasteiger partial charge in [-0.1, -0.05) is 0 Å². The number of hydrogen-bond donors (Lipinski definition) is 0. The quantitative estimate of drug-likeness (QED) is 0.742. The highest BCUT2D eigenvalue weighted by Crippen LogP contribution is 2.22. The second-order valence-corrected chi connectivity index (χ2v) is 4.44. The predicted octanol–water partition coefficient (Wildman–Crippen LogP) is 1.26. The topological polar surface area (TPSA) is 42.7 Å². The Balaban J connectivity index is 2.11. The highest BCUT2D eigenvalue weighted by molar-refractivity contribution is 5.69. The summed E-state index contributed by atoms with van der Waals surface area (Å²) in [6, 6.07) is 4.41. The van der Waals surface area contributed by atoms with Crippen LogP contribution in [0.5, 0.6) is 0 Å². The van der Waals surface area contributed by atoms with E-state index >= 15 is 0 Å². The molecule has 1 aliphatic heterocycles. The molecule has 3 rings (SSSR count). The second-order valence-electron chi connectivity index (χ2n) is 4.44. The zero-order valence-electron chi connectivity index (χ0n) is 10.1. The van der Waals surface area contributed by atoms with Gasteiger partial charge in [0.2, 0.25) is 0 Å². The molecule has 0 amide bonds. The van der Waals surface area contributed by atoms with Gasteiger partial charge < -0.3 is 9.64 Å². The molecule has 2 aromatic rings. The van der Waals surface area contributed by atoms with Crippen molar-refractivity contribution in [1.82, 2.24) is 14.6 Å². The third-order valence-electron chi connectivity index (χ3n) is 3.12. The minimum absolute atomic E-state index is 0.358. The minimum Gasteiger partial charge on any atom is -0.377 e. The largest absolute Gasteiger partial charge is 0.377 e. The normalized spacial score (nSPS) is 21.1. The molecule has 0 bridgehead atoms. The number of morpholine rings is 1. The van der Waals surface area contributed by atoms with Crippen molar-refractivity contribution >= 4 is 11.3 Å². The Labute approximate surface area is 100 Å². The number of rotatable bonds is 1. The summed E-state index contributed by atoms with van der Waals surface area (Å²) in [5, 5.41) is 4.36. The molecule has 1 atom stereocenters. The lowest BCUT2D eigenvalue weighted by Gasteiger charge is -2.34. The SMILES string of the molecule is Cc1nc(N2CCOC[C@H]2C)c2cccn2n1. The highest BCUT2D eigenvalue weighted by Gasteiger charge is 2.22. The van der Waals surface area contributed by atoms with Crippen LogP contribution >= 0.6 is 0 Å². The summed E-state index contributed by atoms with van der Waals surface area (Å²) in [6.07, 6.45) is 1.96. The molecule has 3 heterocycles. The van der Waals surface area contributed by atoms with Gasteiger partial charge in [-0.05, 0) is 26.0 Å². The van der Waals surface area contributed by atoms with Crippen LogP contribution in [0.2, 0.25) is 0 Å². The maximum atomic E-state index is 5.47. The smallest absolute Gasteiger partial charge is 0.157 e. The van der Waals surface area contributed by atoms with Crippen molar-refractivity contribution in [3.8, 4) is 0 Å². The van der Waals surface area contributed by atoms with E-state index in [1.807, 2.05) is 23.7 Å². The zero-order chi connectivity index (χ0) is 11.8. The first kappa shape index (κ1) is 10.5. The molecule has 0 aromatic carbocycles. The third kappa shape index (κ3) is 1.76. The summed E-state index contributed by atoms with van der Waals surface area (Å²) >= 11 is 0. The van der Waals surface area contributed by atoms with Crippen LogP contribution in [0.15, 0.2) is 18.3 Å². The van der Waals surface area contributed by atoms with Crippen molar-refractivity contribution in [2.24, 2.45) is 0 Å². The van der Waals surface area contributed by atoms with Gasteiger partial charge in [0, 0.05) is 12.7 Å². The van der Waals surface area contributed by atoms with Crippen molar-refractivity contribution in [2.75, 3.05) is 24.7 Å². The molecule has 0 unspecified atom stereocenters. The van der Waals surface area contributed by atoms with Gasteiger partial charge >= 0.3 is 0 Å². The first-order valence-corrected chi connectivity index (χ1v) is 5.92. The molecule has 5 heteroatoms. The molecule has 5 nitrogen and oxygen atoms in total. The van der Waals surface area contributed by atoms with E-state index in [1.165, 1.54) is 0 Å². The van der Waals surface area contributed by atoms with Crippen LogP contribution in [-0.2, 0) is 4.74 Å². The van der Waals surface area contributed by atoms with Crippen molar-refractivity contribution in [1.29, 1.82) is 0 Å². The molecule has 1 fully saturated rings. The van der Waals surface area contributed by atoms with Gasteiger partial charge in [0.25, 0.3) is 0 Å². The van der Waals surface area contributed by atoms with Crippen LogP contribution in [0.4, 0.5) is 5.82 Å². The molecule has 0 radical (unpaired) electrons. The average Bonchev–Trinajstić information content (AvgIpc) is 2.76. The molecule has 1 saturated heterocycles. The van der Waals surface area contributed by atoms with Gasteiger partial charge in [-0.3, -0.25) is 0 Å². The number of ether oxygens (including phenoxy) is 1. The Morgan fingerprint density at radius 3 is 3.18 bits per heavy atom. The van der Waals surface area contributed by atoms with Crippen molar-refractivity contribution < 1.29 is 4.74 Å². The molecule has 17 heavy (non-hydrogen) atoms. The maximum absolute atomic E-state index is 5.47. The second kappa shape index (κ2) is 4.00. The van der Waals surface area contributed by atoms with E-state index in [1.54, 1.807) is 0 Å². The summed E-state index contributed by atoms with van der Waals surface area (Å²) in [4.78, 5) is 6.89. The summed E-state index contributed by atoms with van der Waals surface area (Å²) in [5.74, 6) is 1.81. The zero-order valence-corrected chi connectivity index (χ0v) is 10.1. The van der Waals surface area contributed by atoms with Crippen molar-refractivity contribution in [3.05, 3.63) is 24.2 Å². The number of nitrogens with zero attached hydrogens (tertiary/aromatic N) is 4. The lowest BCUT2D eigenvalue weighted by molar-refractivity contribution is 0.0986. The molecule has 0 saturated carbocycles. The van der Waals surface area contributed by atoms with Gasteiger partial charge in [-0.2, -0.15) is 5.10 Å². The van der Waals surface area contributed by atoms with Gasteiger partial charge in [-0.15, -0.1) is 0 Å². The summed E-state index contributed by atoms with van der Waals surface area (Å²) in [7, 11) is 0. The van der Waals surface area contributed by atoms with E-state index in [2.05, 4.69) is 28.0 Å². The van der Waals surface area contributed by atoms with Gasteiger partial charge in [0.05, 0.1) is 19.3 Å². The Morgan fingerprint density at radius 2 is 2.35 bits per heavy atom. The molecular weight excluding hydrogens is 216 g/mol. The van der Waals surface area contributed by atoms with Crippen LogP contribution in [0.3, 0.4) is 0 Å². The standard InChI is InChI=1S/C12H16N4O/c1-9-8-17-7-6-15(9)12-11-4-3-5-16(11)14-10(2)13-12/h3-5,9H,6-8H2,1-2H3/t9-/m1/s1. The fourth-order valence-corrected chi connectivity index (χ4v) is 2.28. The molecule has 2 aromatic heterocycles. The summed E-state index contributed by atoms with van der Waals surface area (Å²) in [5.41, 5.74) is 1.06. The van der Waals surface area contributed by atoms with Crippen LogP contribution in [-0.4, -0.2) is 40.4 Å². The molecule has 0 N–H and O–H groups in total. The summed E-state index contributed by atoms with van der Waals surface area (Å²) in [6.45, 7) is 6.50. The fraction of sp³-hybridized carbons (Fsp3) is 0.500. The Bertz CT molecular complexity index is 536. The summed E-state index contributed by atoms with van der Waals surface area (Å²) < 4.78 is 7.35. The fourth-order valence-electron chi connectivity index (χ4n) is 2.28. The van der Waals surface area contributed by atoms with Gasteiger partial charge in [0.15, 0.2) is 5.82 Å².